The maximum Gasteiger partial charge on any atom is 0.329 e. The Morgan fingerprint density at radius 2 is 2.17 bits per heavy atom. The number of carbonyl (C=O) groups is 1. The molecule has 1 aromatic carbocycles. The Balaban J connectivity index is 0.00000288. The third-order valence-electron chi connectivity index (χ3n) is 2.82. The van der Waals surface area contributed by atoms with Crippen LogP contribution in [-0.4, -0.2) is 28.4 Å². The number of para-hydroxylation sites is 1. The van der Waals surface area contributed by atoms with Gasteiger partial charge in [-0.05, 0) is 19.1 Å². The second-order valence-corrected chi connectivity index (χ2v) is 5.39. The first-order chi connectivity index (χ1) is 11.1. The number of anilines is 2. The Hall–Kier alpha value is -2.44. The van der Waals surface area contributed by atoms with Gasteiger partial charge in [-0.3, -0.25) is 4.79 Å². The van der Waals surface area contributed by atoms with E-state index in [1.807, 2.05) is 30.3 Å². The summed E-state index contributed by atoms with van der Waals surface area (Å²) in [6.45, 7) is 1.72. The van der Waals surface area contributed by atoms with Crippen LogP contribution in [0.4, 0.5) is 10.8 Å². The van der Waals surface area contributed by atoms with Gasteiger partial charge in [0.25, 0.3) is 0 Å². The molecule has 1 atom stereocenters. The highest BCUT2D eigenvalue weighted by atomic mass is 79.9. The van der Waals surface area contributed by atoms with Crippen LogP contribution in [0.25, 0.3) is 0 Å². The number of nitriles is 1. The highest BCUT2D eigenvalue weighted by Gasteiger charge is 2.29. The number of aromatic nitrogens is 1. The van der Waals surface area contributed by atoms with Crippen molar-refractivity contribution in [2.75, 3.05) is 11.9 Å². The smallest absolute Gasteiger partial charge is 0.329 e. The van der Waals surface area contributed by atoms with Gasteiger partial charge in [-0.25, -0.2) is 0 Å². The minimum atomic E-state index is -1.40. The third-order valence-corrected chi connectivity index (χ3v) is 3.81. The van der Waals surface area contributed by atoms with Crippen molar-refractivity contribution in [1.82, 2.24) is 4.98 Å². The molecule has 0 bridgehead atoms. The largest absolute Gasteiger partial charge is 0.492 e. The van der Waals surface area contributed by atoms with Crippen molar-refractivity contribution < 1.29 is 14.6 Å². The van der Waals surface area contributed by atoms with E-state index in [2.05, 4.69) is 10.3 Å². The van der Waals surface area contributed by atoms with E-state index in [1.54, 1.807) is 13.0 Å². The van der Waals surface area contributed by atoms with Gasteiger partial charge in [0.1, 0.15) is 4.88 Å². The summed E-state index contributed by atoms with van der Waals surface area (Å²) in [4.78, 5) is 15.7. The highest BCUT2D eigenvalue weighted by molar-refractivity contribution is 8.93. The number of hydrogen-bond donors (Lipinski definition) is 3. The molecule has 0 aliphatic rings. The fourth-order valence-corrected chi connectivity index (χ4v) is 2.64. The maximum atomic E-state index is 11.7. The standard InChI is InChI=1S/C15H14N4O3S.BrH/c1-2-22-14(21)10(8-16)11(17)12-13(20)19-15(23-12)18-9-6-4-3-5-7-9;/h3-7,10,17,20H,2H2,1H3,(H,18,19);1H. The van der Waals surface area contributed by atoms with E-state index >= 15 is 0 Å². The Bertz CT molecular complexity index is 758. The van der Waals surface area contributed by atoms with Gasteiger partial charge in [-0.2, -0.15) is 10.2 Å². The van der Waals surface area contributed by atoms with Crippen molar-refractivity contribution in [3.8, 4) is 11.9 Å². The van der Waals surface area contributed by atoms with Gasteiger partial charge in [0.05, 0.1) is 18.4 Å². The number of carbonyl (C=O) groups excluding carboxylic acids is 1. The van der Waals surface area contributed by atoms with E-state index in [0.717, 1.165) is 17.0 Å². The first kappa shape index (κ1) is 19.6. The first-order valence-corrected chi connectivity index (χ1v) is 7.55. The number of aromatic hydroxyl groups is 1. The van der Waals surface area contributed by atoms with Gasteiger partial charge in [0.2, 0.25) is 5.88 Å². The second-order valence-electron chi connectivity index (χ2n) is 4.39. The molecule has 1 heterocycles. The molecule has 0 amide bonds. The van der Waals surface area contributed by atoms with Crippen molar-refractivity contribution in [3.05, 3.63) is 35.2 Å². The summed E-state index contributed by atoms with van der Waals surface area (Å²) < 4.78 is 4.76. The highest BCUT2D eigenvalue weighted by Crippen LogP contribution is 2.32. The lowest BCUT2D eigenvalue weighted by Gasteiger charge is -2.08. The summed E-state index contributed by atoms with van der Waals surface area (Å²) in [6.07, 6.45) is 0. The van der Waals surface area contributed by atoms with Gasteiger partial charge in [0.15, 0.2) is 11.0 Å². The van der Waals surface area contributed by atoms with Crippen molar-refractivity contribution in [3.63, 3.8) is 0 Å². The third kappa shape index (κ3) is 4.53. The summed E-state index contributed by atoms with van der Waals surface area (Å²) in [5.74, 6) is -2.61. The summed E-state index contributed by atoms with van der Waals surface area (Å²) in [5.41, 5.74) is 0.434. The fraction of sp³-hybridized carbons (Fsp3) is 0.200. The van der Waals surface area contributed by atoms with E-state index in [-0.39, 0.29) is 34.2 Å². The lowest BCUT2D eigenvalue weighted by molar-refractivity contribution is -0.143. The van der Waals surface area contributed by atoms with Crippen LogP contribution < -0.4 is 5.32 Å². The van der Waals surface area contributed by atoms with Crippen LogP contribution in [0.2, 0.25) is 0 Å². The predicted octanol–water partition coefficient (Wildman–Crippen LogP) is 3.24. The zero-order valence-electron chi connectivity index (χ0n) is 12.6. The van der Waals surface area contributed by atoms with Crippen LogP contribution >= 0.6 is 28.3 Å². The van der Waals surface area contributed by atoms with Crippen LogP contribution in [0.15, 0.2) is 30.3 Å². The van der Waals surface area contributed by atoms with E-state index in [0.29, 0.717) is 5.13 Å². The molecule has 0 aliphatic heterocycles. The van der Waals surface area contributed by atoms with Gasteiger partial charge in [0, 0.05) is 5.69 Å². The Morgan fingerprint density at radius 1 is 1.50 bits per heavy atom. The number of rotatable bonds is 6. The summed E-state index contributed by atoms with van der Waals surface area (Å²) in [7, 11) is 0. The van der Waals surface area contributed by atoms with Crippen LogP contribution in [0, 0.1) is 22.7 Å². The Morgan fingerprint density at radius 3 is 2.75 bits per heavy atom. The lowest BCUT2D eigenvalue weighted by Crippen LogP contribution is -2.24. The molecule has 1 unspecified atom stereocenters. The molecule has 24 heavy (non-hydrogen) atoms. The summed E-state index contributed by atoms with van der Waals surface area (Å²) in [6, 6.07) is 10.9. The maximum absolute atomic E-state index is 11.7. The van der Waals surface area contributed by atoms with Crippen LogP contribution in [0.3, 0.4) is 0 Å². The first-order valence-electron chi connectivity index (χ1n) is 6.73. The van der Waals surface area contributed by atoms with Crippen molar-refractivity contribution in [2.24, 2.45) is 5.92 Å². The number of hydrogen-bond acceptors (Lipinski definition) is 8. The second kappa shape index (κ2) is 9.00. The summed E-state index contributed by atoms with van der Waals surface area (Å²) >= 11 is 0.986. The van der Waals surface area contributed by atoms with Crippen LogP contribution in [0.5, 0.6) is 5.88 Å². The molecule has 126 valence electrons. The topological polar surface area (TPSA) is 119 Å². The monoisotopic (exact) mass is 410 g/mol. The molecule has 2 rings (SSSR count). The number of esters is 1. The fourth-order valence-electron chi connectivity index (χ4n) is 1.78. The lowest BCUT2D eigenvalue weighted by atomic mass is 10.0. The normalized spacial score (nSPS) is 10.8. The molecule has 0 saturated carbocycles. The van der Waals surface area contributed by atoms with Gasteiger partial charge in [-0.15, -0.1) is 17.0 Å². The number of ether oxygens (including phenoxy) is 1. The molecule has 0 radical (unpaired) electrons. The molecule has 0 fully saturated rings. The average molecular weight is 411 g/mol. The van der Waals surface area contributed by atoms with Gasteiger partial charge < -0.3 is 20.6 Å². The molecule has 7 nitrogen and oxygen atoms in total. The zero-order valence-corrected chi connectivity index (χ0v) is 15.2. The average Bonchev–Trinajstić information content (AvgIpc) is 2.89. The van der Waals surface area contributed by atoms with Crippen molar-refractivity contribution in [1.29, 1.82) is 10.7 Å². The quantitative estimate of drug-likeness (QED) is 0.496. The zero-order chi connectivity index (χ0) is 16.8. The molecule has 3 N–H and O–H groups in total. The number of nitrogens with zero attached hydrogens (tertiary/aromatic N) is 2. The van der Waals surface area contributed by atoms with E-state index < -0.39 is 17.8 Å². The summed E-state index contributed by atoms with van der Waals surface area (Å²) in [5, 5.41) is 30.3. The number of nitrogens with one attached hydrogen (secondary N) is 2. The Labute approximate surface area is 153 Å². The molecule has 1 aromatic heterocycles. The number of halogens is 1. The van der Waals surface area contributed by atoms with E-state index in [9.17, 15) is 9.90 Å². The van der Waals surface area contributed by atoms with E-state index in [4.69, 9.17) is 15.4 Å². The number of thiazole rings is 1. The van der Waals surface area contributed by atoms with Gasteiger partial charge in [-0.1, -0.05) is 29.5 Å². The molecule has 0 saturated heterocycles. The van der Waals surface area contributed by atoms with E-state index in [1.165, 1.54) is 0 Å². The SMILES string of the molecule is Br.CCOC(=O)C(C#N)C(=N)c1sc(Nc2ccccc2)nc1O. The van der Waals surface area contributed by atoms with Gasteiger partial charge >= 0.3 is 5.97 Å². The van der Waals surface area contributed by atoms with Crippen molar-refractivity contribution in [2.45, 2.75) is 6.92 Å². The Kier molecular flexibility index (Phi) is 7.35. The minimum Gasteiger partial charge on any atom is -0.492 e. The molecular weight excluding hydrogens is 396 g/mol. The minimum absolute atomic E-state index is 0. The molecule has 9 heteroatoms. The molecular formula is C15H15BrN4O3S. The number of benzene rings is 1. The predicted molar refractivity (Wildman–Crippen MR) is 96.4 cm³/mol. The molecule has 2 aromatic rings. The molecule has 0 spiro atoms. The van der Waals surface area contributed by atoms with Crippen LogP contribution in [0.1, 0.15) is 11.8 Å². The van der Waals surface area contributed by atoms with Crippen molar-refractivity contribution >= 4 is 50.8 Å². The van der Waals surface area contributed by atoms with Crippen LogP contribution in [-0.2, 0) is 9.53 Å². The molecule has 0 aliphatic carbocycles.